The fraction of sp³-hybridized carbons (Fsp3) is 0.300. The first-order valence-electron chi connectivity index (χ1n) is 8.43. The molecule has 0 unspecified atom stereocenters. The number of nitriles is 1. The molecule has 0 spiro atoms. The van der Waals surface area contributed by atoms with Crippen LogP contribution in [0, 0.1) is 17.2 Å². The number of nitrogens with zero attached hydrogens (tertiary/aromatic N) is 2. The van der Waals surface area contributed by atoms with E-state index in [0.717, 1.165) is 29.3 Å². The molecule has 0 aliphatic heterocycles. The van der Waals surface area contributed by atoms with E-state index in [1.54, 1.807) is 19.2 Å². The fourth-order valence-electron chi connectivity index (χ4n) is 2.81. The zero-order chi connectivity index (χ0) is 18.6. The lowest BCUT2D eigenvalue weighted by molar-refractivity contribution is -0.144. The molecule has 0 radical (unpaired) electrons. The van der Waals surface area contributed by atoms with Crippen molar-refractivity contribution in [2.45, 2.75) is 25.3 Å². The van der Waals surface area contributed by atoms with Crippen molar-refractivity contribution in [3.05, 3.63) is 48.2 Å². The number of hydrogen-bond acceptors (Lipinski definition) is 5. The number of para-hydroxylation sites is 1. The van der Waals surface area contributed by atoms with Crippen LogP contribution in [0.2, 0.25) is 0 Å². The van der Waals surface area contributed by atoms with Gasteiger partial charge in [0, 0.05) is 23.2 Å². The second kappa shape index (κ2) is 7.36. The number of fused-ring (bicyclic) bond motifs is 1. The van der Waals surface area contributed by atoms with Crippen molar-refractivity contribution in [1.82, 2.24) is 10.3 Å². The van der Waals surface area contributed by atoms with E-state index >= 15 is 0 Å². The van der Waals surface area contributed by atoms with Crippen LogP contribution in [0.4, 0.5) is 0 Å². The minimum Gasteiger partial charge on any atom is -0.452 e. The lowest BCUT2D eigenvalue weighted by atomic mass is 9.98. The first-order valence-corrected chi connectivity index (χ1v) is 8.43. The molecule has 0 saturated heterocycles. The number of ether oxygens (including phenoxy) is 1. The number of carbonyl (C=O) groups excluding carboxylic acids is 2. The van der Waals surface area contributed by atoms with Crippen molar-refractivity contribution in [3.63, 3.8) is 0 Å². The van der Waals surface area contributed by atoms with Crippen LogP contribution in [0.25, 0.3) is 17.0 Å². The molecule has 26 heavy (non-hydrogen) atoms. The molecule has 6 heteroatoms. The topological polar surface area (TPSA) is 92.1 Å². The summed E-state index contributed by atoms with van der Waals surface area (Å²) in [6.45, 7) is 1.28. The van der Waals surface area contributed by atoms with E-state index in [0.29, 0.717) is 0 Å². The number of benzene rings is 1. The highest BCUT2D eigenvalue weighted by molar-refractivity contribution is 5.93. The van der Waals surface area contributed by atoms with Crippen LogP contribution in [-0.4, -0.2) is 29.0 Å². The Labute approximate surface area is 151 Å². The van der Waals surface area contributed by atoms with E-state index in [4.69, 9.17) is 4.74 Å². The van der Waals surface area contributed by atoms with E-state index < -0.39 is 24.0 Å². The van der Waals surface area contributed by atoms with Crippen LogP contribution < -0.4 is 5.32 Å². The molecule has 1 N–H and O–H groups in total. The third kappa shape index (κ3) is 4.06. The molecule has 1 aliphatic carbocycles. The summed E-state index contributed by atoms with van der Waals surface area (Å²) in [4.78, 5) is 28.1. The Kier molecular flexibility index (Phi) is 4.99. The lowest BCUT2D eigenvalue weighted by Gasteiger charge is -2.22. The molecule has 6 nitrogen and oxygen atoms in total. The summed E-state index contributed by atoms with van der Waals surface area (Å²) in [5.74, 6) is -0.932. The number of nitrogens with one attached hydrogen (secondary N) is 1. The Morgan fingerprint density at radius 2 is 2.15 bits per heavy atom. The summed E-state index contributed by atoms with van der Waals surface area (Å²) >= 11 is 0. The number of pyridine rings is 1. The molecule has 2 aromatic rings. The van der Waals surface area contributed by atoms with Gasteiger partial charge in [-0.05, 0) is 37.8 Å². The lowest BCUT2D eigenvalue weighted by Crippen LogP contribution is -2.48. The minimum atomic E-state index is -0.895. The molecule has 0 bridgehead atoms. The second-order valence-corrected chi connectivity index (χ2v) is 6.50. The molecule has 1 atom stereocenters. The quantitative estimate of drug-likeness (QED) is 0.639. The number of amides is 1. The predicted octanol–water partition coefficient (Wildman–Crippen LogP) is 2.60. The van der Waals surface area contributed by atoms with Gasteiger partial charge in [-0.3, -0.25) is 9.78 Å². The number of carbonyl (C=O) groups is 2. The van der Waals surface area contributed by atoms with Crippen LogP contribution in [0.3, 0.4) is 0 Å². The molecule has 1 heterocycles. The Hall–Kier alpha value is -3.20. The normalized spacial score (nSPS) is 16.0. The van der Waals surface area contributed by atoms with E-state index in [-0.39, 0.29) is 5.92 Å². The van der Waals surface area contributed by atoms with Crippen molar-refractivity contribution in [1.29, 1.82) is 5.26 Å². The molecule has 1 fully saturated rings. The Balaban J connectivity index is 1.56. The van der Waals surface area contributed by atoms with Crippen molar-refractivity contribution < 1.29 is 14.3 Å². The van der Waals surface area contributed by atoms with Gasteiger partial charge in [0.15, 0.2) is 6.61 Å². The smallest absolute Gasteiger partial charge is 0.331 e. The highest BCUT2D eigenvalue weighted by atomic mass is 16.5. The van der Waals surface area contributed by atoms with Gasteiger partial charge in [-0.1, -0.05) is 24.3 Å². The maximum Gasteiger partial charge on any atom is 0.331 e. The summed E-state index contributed by atoms with van der Waals surface area (Å²) in [5.41, 5.74) is 0.676. The van der Waals surface area contributed by atoms with Gasteiger partial charge in [-0.25, -0.2) is 4.79 Å². The Bertz CT molecular complexity index is 907. The minimum absolute atomic E-state index is 0.172. The zero-order valence-electron chi connectivity index (χ0n) is 14.4. The SMILES string of the molecule is C[C@@](C#N)(NC(=O)COC(=O)/C=C\c1cccc2cccnc12)C1CC1. The molecule has 132 valence electrons. The van der Waals surface area contributed by atoms with Gasteiger partial charge in [0.05, 0.1) is 11.6 Å². The number of esters is 1. The summed E-state index contributed by atoms with van der Waals surface area (Å²) in [6.07, 6.45) is 6.41. The van der Waals surface area contributed by atoms with E-state index in [1.165, 1.54) is 6.08 Å². The standard InChI is InChI=1S/C20H19N3O3/c1-20(13-21,16-8-9-16)23-17(24)12-26-18(25)10-7-15-5-2-4-14-6-3-11-22-19(14)15/h2-7,10-11,16H,8-9,12H2,1H3,(H,23,24)/b10-7-/t20-/m0/s1. The van der Waals surface area contributed by atoms with Gasteiger partial charge in [0.2, 0.25) is 0 Å². The molecule has 1 aromatic carbocycles. The van der Waals surface area contributed by atoms with Gasteiger partial charge < -0.3 is 10.1 Å². The summed E-state index contributed by atoms with van der Waals surface area (Å²) in [7, 11) is 0. The first kappa shape index (κ1) is 17.6. The van der Waals surface area contributed by atoms with Crippen molar-refractivity contribution in [3.8, 4) is 6.07 Å². The van der Waals surface area contributed by atoms with E-state index in [1.807, 2.05) is 30.3 Å². The van der Waals surface area contributed by atoms with Crippen LogP contribution >= 0.6 is 0 Å². The summed E-state index contributed by atoms with van der Waals surface area (Å²) in [6, 6.07) is 11.6. The van der Waals surface area contributed by atoms with Gasteiger partial charge >= 0.3 is 5.97 Å². The summed E-state index contributed by atoms with van der Waals surface area (Å²) in [5, 5.41) is 12.8. The average Bonchev–Trinajstić information content (AvgIpc) is 3.50. The molecule has 1 aromatic heterocycles. The van der Waals surface area contributed by atoms with Gasteiger partial charge in [0.1, 0.15) is 5.54 Å². The first-order chi connectivity index (χ1) is 12.5. The van der Waals surface area contributed by atoms with Crippen LogP contribution in [0.15, 0.2) is 42.6 Å². The third-order valence-corrected chi connectivity index (χ3v) is 4.43. The Morgan fingerprint density at radius 1 is 1.38 bits per heavy atom. The second-order valence-electron chi connectivity index (χ2n) is 6.50. The number of aromatic nitrogens is 1. The maximum absolute atomic E-state index is 11.9. The number of rotatable bonds is 6. The van der Waals surface area contributed by atoms with Crippen LogP contribution in [0.1, 0.15) is 25.3 Å². The fourth-order valence-corrected chi connectivity index (χ4v) is 2.81. The van der Waals surface area contributed by atoms with E-state index in [9.17, 15) is 14.9 Å². The predicted molar refractivity (Wildman–Crippen MR) is 96.6 cm³/mol. The van der Waals surface area contributed by atoms with E-state index in [2.05, 4.69) is 16.4 Å². The molecular formula is C20H19N3O3. The van der Waals surface area contributed by atoms with Crippen LogP contribution in [-0.2, 0) is 14.3 Å². The highest BCUT2D eigenvalue weighted by Crippen LogP contribution is 2.39. The third-order valence-electron chi connectivity index (χ3n) is 4.43. The Morgan fingerprint density at radius 3 is 2.88 bits per heavy atom. The highest BCUT2D eigenvalue weighted by Gasteiger charge is 2.43. The van der Waals surface area contributed by atoms with Gasteiger partial charge in [-0.2, -0.15) is 5.26 Å². The zero-order valence-corrected chi connectivity index (χ0v) is 14.4. The molecule has 3 rings (SSSR count). The van der Waals surface area contributed by atoms with Crippen molar-refractivity contribution in [2.75, 3.05) is 6.61 Å². The molecule has 1 aliphatic rings. The molecule has 1 amide bonds. The largest absolute Gasteiger partial charge is 0.452 e. The van der Waals surface area contributed by atoms with Gasteiger partial charge in [-0.15, -0.1) is 0 Å². The maximum atomic E-state index is 11.9. The monoisotopic (exact) mass is 349 g/mol. The van der Waals surface area contributed by atoms with Crippen molar-refractivity contribution in [2.24, 2.45) is 5.92 Å². The van der Waals surface area contributed by atoms with Crippen LogP contribution in [0.5, 0.6) is 0 Å². The van der Waals surface area contributed by atoms with Gasteiger partial charge in [0.25, 0.3) is 5.91 Å². The molecular weight excluding hydrogens is 330 g/mol. The molecule has 1 saturated carbocycles. The average molecular weight is 349 g/mol. The van der Waals surface area contributed by atoms with Crippen molar-refractivity contribution >= 4 is 28.9 Å². The summed E-state index contributed by atoms with van der Waals surface area (Å²) < 4.78 is 4.96. The number of hydrogen-bond donors (Lipinski definition) is 1.